The molecule has 1 amide bonds. The van der Waals surface area contributed by atoms with Crippen LogP contribution < -0.4 is 14.4 Å². The van der Waals surface area contributed by atoms with Crippen molar-refractivity contribution in [1.29, 1.82) is 0 Å². The largest absolute Gasteiger partial charge is 0.492 e. The van der Waals surface area contributed by atoms with Crippen LogP contribution in [-0.2, 0) is 21.0 Å². The summed E-state index contributed by atoms with van der Waals surface area (Å²) in [6, 6.07) is 15.7. The van der Waals surface area contributed by atoms with Crippen molar-refractivity contribution in [3.05, 3.63) is 88.4 Å². The molecule has 3 rings (SSSR count). The molecule has 192 valence electrons. The normalized spacial score (nSPS) is 11.7. The van der Waals surface area contributed by atoms with E-state index in [1.165, 1.54) is 12.1 Å². The van der Waals surface area contributed by atoms with Crippen molar-refractivity contribution in [2.45, 2.75) is 24.9 Å². The Morgan fingerprint density at radius 3 is 2.33 bits per heavy atom. The van der Waals surface area contributed by atoms with Crippen molar-refractivity contribution in [2.75, 3.05) is 24.0 Å². The molecule has 0 aliphatic rings. The Labute approximate surface area is 212 Å². The maximum atomic E-state index is 13.4. The first-order valence-corrected chi connectivity index (χ1v) is 12.6. The number of benzene rings is 3. The second-order valence-electron chi connectivity index (χ2n) is 8.00. The highest BCUT2D eigenvalue weighted by Gasteiger charge is 2.35. The van der Waals surface area contributed by atoms with E-state index in [4.69, 9.17) is 16.3 Å². The van der Waals surface area contributed by atoms with Gasteiger partial charge in [-0.2, -0.15) is 13.2 Å². The molecule has 36 heavy (non-hydrogen) atoms. The lowest BCUT2D eigenvalue weighted by Crippen LogP contribution is -2.42. The van der Waals surface area contributed by atoms with Crippen LogP contribution in [0, 0.1) is 13.8 Å². The van der Waals surface area contributed by atoms with Gasteiger partial charge in [0, 0.05) is 0 Å². The van der Waals surface area contributed by atoms with E-state index in [9.17, 15) is 26.4 Å². The van der Waals surface area contributed by atoms with Crippen molar-refractivity contribution in [3.63, 3.8) is 0 Å². The van der Waals surface area contributed by atoms with E-state index < -0.39 is 39.2 Å². The van der Waals surface area contributed by atoms with Crippen molar-refractivity contribution in [2.24, 2.45) is 0 Å². The standard InChI is InChI=1S/C25H24ClF3N2O4S/c1-17-6-9-21(10-7-17)36(33,34)31(19-8-11-23(26)22(15-19)25(27,28)29)16-24(32)30-12-13-35-20-5-3-4-18(2)14-20/h3-11,14-15H,12-13,16H2,1-2H3,(H,30,32). The van der Waals surface area contributed by atoms with Crippen LogP contribution in [0.4, 0.5) is 18.9 Å². The van der Waals surface area contributed by atoms with E-state index >= 15 is 0 Å². The molecule has 0 aliphatic carbocycles. The fraction of sp³-hybridized carbons (Fsp3) is 0.240. The molecule has 0 atom stereocenters. The molecule has 1 N–H and O–H groups in total. The SMILES string of the molecule is Cc1ccc(S(=O)(=O)N(CC(=O)NCCOc2cccc(C)c2)c2ccc(Cl)c(C(F)(F)F)c2)cc1. The number of carbonyl (C=O) groups is 1. The molecule has 0 bridgehead atoms. The summed E-state index contributed by atoms with van der Waals surface area (Å²) in [7, 11) is -4.39. The van der Waals surface area contributed by atoms with E-state index in [-0.39, 0.29) is 23.7 Å². The minimum absolute atomic E-state index is 0.0552. The zero-order chi connectivity index (χ0) is 26.5. The minimum atomic E-state index is -4.82. The van der Waals surface area contributed by atoms with E-state index in [0.29, 0.717) is 16.1 Å². The minimum Gasteiger partial charge on any atom is -0.492 e. The van der Waals surface area contributed by atoms with Gasteiger partial charge in [0.15, 0.2) is 0 Å². The zero-order valence-corrected chi connectivity index (χ0v) is 21.0. The van der Waals surface area contributed by atoms with Gasteiger partial charge in [0.05, 0.1) is 27.7 Å². The van der Waals surface area contributed by atoms with Crippen LogP contribution in [0.15, 0.2) is 71.6 Å². The third-order valence-electron chi connectivity index (χ3n) is 5.12. The molecule has 0 spiro atoms. The molecular weight excluding hydrogens is 517 g/mol. The highest BCUT2D eigenvalue weighted by atomic mass is 35.5. The van der Waals surface area contributed by atoms with Crippen LogP contribution in [-0.4, -0.2) is 34.0 Å². The third-order valence-corrected chi connectivity index (χ3v) is 7.24. The molecule has 0 saturated heterocycles. The Morgan fingerprint density at radius 2 is 1.69 bits per heavy atom. The first-order chi connectivity index (χ1) is 16.9. The maximum Gasteiger partial charge on any atom is 0.417 e. The summed E-state index contributed by atoms with van der Waals surface area (Å²) in [6.07, 6.45) is -4.82. The lowest BCUT2D eigenvalue weighted by molar-refractivity contribution is -0.137. The van der Waals surface area contributed by atoms with Gasteiger partial charge >= 0.3 is 6.18 Å². The van der Waals surface area contributed by atoms with E-state index in [1.54, 1.807) is 25.1 Å². The number of carbonyl (C=O) groups excluding carboxylic acids is 1. The predicted octanol–water partition coefficient (Wildman–Crippen LogP) is 5.37. The van der Waals surface area contributed by atoms with Crippen LogP contribution in [0.25, 0.3) is 0 Å². The fourth-order valence-electron chi connectivity index (χ4n) is 3.29. The van der Waals surface area contributed by atoms with Crippen molar-refractivity contribution < 1.29 is 31.1 Å². The van der Waals surface area contributed by atoms with E-state index in [2.05, 4.69) is 5.32 Å². The fourth-order valence-corrected chi connectivity index (χ4v) is 4.93. The van der Waals surface area contributed by atoms with Crippen molar-refractivity contribution in [3.8, 4) is 5.75 Å². The Morgan fingerprint density at radius 1 is 1.00 bits per heavy atom. The number of aryl methyl sites for hydroxylation is 2. The highest BCUT2D eigenvalue weighted by molar-refractivity contribution is 7.92. The number of hydrogen-bond donors (Lipinski definition) is 1. The Balaban J connectivity index is 1.83. The van der Waals surface area contributed by atoms with E-state index in [0.717, 1.165) is 23.3 Å². The molecule has 0 radical (unpaired) electrons. The average molecular weight is 541 g/mol. The van der Waals surface area contributed by atoms with Gasteiger partial charge < -0.3 is 10.1 Å². The molecule has 11 heteroatoms. The Hall–Kier alpha value is -3.24. The van der Waals surface area contributed by atoms with Crippen LogP contribution in [0.3, 0.4) is 0 Å². The molecule has 3 aromatic carbocycles. The molecule has 0 aliphatic heterocycles. The van der Waals surface area contributed by atoms with Crippen LogP contribution in [0.1, 0.15) is 16.7 Å². The lowest BCUT2D eigenvalue weighted by Gasteiger charge is -2.25. The number of rotatable bonds is 9. The molecule has 6 nitrogen and oxygen atoms in total. The first kappa shape index (κ1) is 27.3. The van der Waals surface area contributed by atoms with Gasteiger partial charge in [0.2, 0.25) is 5.91 Å². The maximum absolute atomic E-state index is 13.4. The summed E-state index contributed by atoms with van der Waals surface area (Å²) in [4.78, 5) is 12.5. The van der Waals surface area contributed by atoms with Gasteiger partial charge in [-0.1, -0.05) is 41.4 Å². The monoisotopic (exact) mass is 540 g/mol. The molecule has 0 fully saturated rings. The number of halogens is 4. The topological polar surface area (TPSA) is 75.7 Å². The summed E-state index contributed by atoms with van der Waals surface area (Å²) in [5, 5.41) is 1.95. The average Bonchev–Trinajstić information content (AvgIpc) is 2.80. The Bertz CT molecular complexity index is 1330. The molecule has 0 heterocycles. The van der Waals surface area contributed by atoms with Crippen LogP contribution >= 0.6 is 11.6 Å². The third kappa shape index (κ3) is 6.92. The second kappa shape index (κ2) is 11.2. The molecule has 0 unspecified atom stereocenters. The molecular formula is C25H24ClF3N2O4S. The number of hydrogen-bond acceptors (Lipinski definition) is 4. The smallest absolute Gasteiger partial charge is 0.417 e. The number of nitrogens with zero attached hydrogens (tertiary/aromatic N) is 1. The second-order valence-corrected chi connectivity index (χ2v) is 10.3. The number of alkyl halides is 3. The number of anilines is 1. The van der Waals surface area contributed by atoms with Crippen molar-refractivity contribution in [1.82, 2.24) is 5.32 Å². The lowest BCUT2D eigenvalue weighted by atomic mass is 10.2. The molecule has 3 aromatic rings. The highest BCUT2D eigenvalue weighted by Crippen LogP contribution is 2.38. The van der Waals surface area contributed by atoms with Gasteiger partial charge in [-0.25, -0.2) is 8.42 Å². The van der Waals surface area contributed by atoms with Gasteiger partial charge in [0.25, 0.3) is 10.0 Å². The summed E-state index contributed by atoms with van der Waals surface area (Å²) in [6.45, 7) is 3.08. The molecule has 0 aromatic heterocycles. The summed E-state index contributed by atoms with van der Waals surface area (Å²) >= 11 is 5.70. The number of ether oxygens (including phenoxy) is 1. The number of sulfonamides is 1. The number of nitrogens with one attached hydrogen (secondary N) is 1. The quantitative estimate of drug-likeness (QED) is 0.370. The first-order valence-electron chi connectivity index (χ1n) is 10.8. The molecule has 0 saturated carbocycles. The van der Waals surface area contributed by atoms with Gasteiger partial charge in [-0.3, -0.25) is 9.10 Å². The van der Waals surface area contributed by atoms with Crippen molar-refractivity contribution >= 4 is 33.2 Å². The van der Waals surface area contributed by atoms with Crippen LogP contribution in [0.2, 0.25) is 5.02 Å². The number of amides is 1. The van der Waals surface area contributed by atoms with E-state index in [1.807, 2.05) is 25.1 Å². The Kier molecular flexibility index (Phi) is 8.52. The van der Waals surface area contributed by atoms with Gasteiger partial charge in [-0.05, 0) is 61.9 Å². The predicted molar refractivity (Wildman–Crippen MR) is 132 cm³/mol. The summed E-state index contributed by atoms with van der Waals surface area (Å²) < 4.78 is 73.3. The van der Waals surface area contributed by atoms with Gasteiger partial charge in [0.1, 0.15) is 18.9 Å². The van der Waals surface area contributed by atoms with Crippen LogP contribution in [0.5, 0.6) is 5.75 Å². The van der Waals surface area contributed by atoms with Gasteiger partial charge in [-0.15, -0.1) is 0 Å². The zero-order valence-electron chi connectivity index (χ0n) is 19.5. The summed E-state index contributed by atoms with van der Waals surface area (Å²) in [5.74, 6) is -0.115. The summed E-state index contributed by atoms with van der Waals surface area (Å²) in [5.41, 5.74) is 0.226.